The highest BCUT2D eigenvalue weighted by atomic mass is 28.4. The van der Waals surface area contributed by atoms with Crippen LogP contribution < -0.4 is 5.19 Å². The number of benzene rings is 1. The molecule has 1 rings (SSSR count). The SMILES string of the molecule is CCCCCO[Si](CCC)(OCCCCC)c1ccccc1. The van der Waals surface area contributed by atoms with Crippen molar-refractivity contribution in [3.8, 4) is 0 Å². The minimum atomic E-state index is -2.27. The van der Waals surface area contributed by atoms with Gasteiger partial charge in [0.25, 0.3) is 0 Å². The van der Waals surface area contributed by atoms with Gasteiger partial charge in [-0.2, -0.15) is 0 Å². The molecule has 126 valence electrons. The van der Waals surface area contributed by atoms with Gasteiger partial charge in [-0.1, -0.05) is 83.2 Å². The third kappa shape index (κ3) is 6.63. The molecule has 0 saturated heterocycles. The molecule has 0 aliphatic heterocycles. The Bertz CT molecular complexity index is 355. The van der Waals surface area contributed by atoms with Crippen molar-refractivity contribution in [3.63, 3.8) is 0 Å². The second-order valence-electron chi connectivity index (χ2n) is 5.98. The summed E-state index contributed by atoms with van der Waals surface area (Å²) in [6.45, 7) is 8.37. The topological polar surface area (TPSA) is 18.5 Å². The molecular formula is C19H34O2Si. The van der Waals surface area contributed by atoms with E-state index in [1.807, 2.05) is 0 Å². The fourth-order valence-electron chi connectivity index (χ4n) is 2.70. The molecule has 0 bridgehead atoms. The van der Waals surface area contributed by atoms with Crippen LogP contribution in [0.1, 0.15) is 65.7 Å². The molecule has 22 heavy (non-hydrogen) atoms. The van der Waals surface area contributed by atoms with E-state index in [1.54, 1.807) is 0 Å². The molecule has 2 nitrogen and oxygen atoms in total. The summed E-state index contributed by atoms with van der Waals surface area (Å²) < 4.78 is 12.9. The van der Waals surface area contributed by atoms with Crippen LogP contribution in [0.2, 0.25) is 6.04 Å². The van der Waals surface area contributed by atoms with Gasteiger partial charge in [-0.25, -0.2) is 0 Å². The minimum Gasteiger partial charge on any atom is -0.391 e. The summed E-state index contributed by atoms with van der Waals surface area (Å²) in [5, 5.41) is 1.30. The summed E-state index contributed by atoms with van der Waals surface area (Å²) in [6.07, 6.45) is 8.33. The van der Waals surface area contributed by atoms with E-state index in [2.05, 4.69) is 51.1 Å². The predicted octanol–water partition coefficient (Wildman–Crippen LogP) is 5.16. The van der Waals surface area contributed by atoms with Gasteiger partial charge in [-0.15, -0.1) is 0 Å². The molecular weight excluding hydrogens is 288 g/mol. The van der Waals surface area contributed by atoms with Crippen LogP contribution >= 0.6 is 0 Å². The van der Waals surface area contributed by atoms with Gasteiger partial charge in [0.1, 0.15) is 0 Å². The van der Waals surface area contributed by atoms with Crippen molar-refractivity contribution in [3.05, 3.63) is 30.3 Å². The van der Waals surface area contributed by atoms with E-state index in [1.165, 1.54) is 30.9 Å². The molecule has 0 saturated carbocycles. The van der Waals surface area contributed by atoms with Gasteiger partial charge in [0.2, 0.25) is 0 Å². The molecule has 0 aromatic heterocycles. The fourth-order valence-corrected chi connectivity index (χ4v) is 6.00. The van der Waals surface area contributed by atoms with Crippen LogP contribution in [0.15, 0.2) is 30.3 Å². The Morgan fingerprint density at radius 1 is 0.727 bits per heavy atom. The van der Waals surface area contributed by atoms with Gasteiger partial charge >= 0.3 is 8.56 Å². The van der Waals surface area contributed by atoms with Gasteiger partial charge in [-0.3, -0.25) is 0 Å². The molecule has 0 aliphatic carbocycles. The number of unbranched alkanes of at least 4 members (excludes halogenated alkanes) is 4. The molecule has 0 spiro atoms. The largest absolute Gasteiger partial charge is 0.391 e. The molecule has 0 N–H and O–H groups in total. The number of hydrogen-bond acceptors (Lipinski definition) is 2. The Labute approximate surface area is 138 Å². The molecule has 3 heteroatoms. The lowest BCUT2D eigenvalue weighted by Crippen LogP contribution is -2.54. The van der Waals surface area contributed by atoms with Crippen molar-refractivity contribution < 1.29 is 8.85 Å². The maximum Gasteiger partial charge on any atom is 0.372 e. The first-order chi connectivity index (χ1) is 10.8. The zero-order valence-corrected chi connectivity index (χ0v) is 15.8. The van der Waals surface area contributed by atoms with Gasteiger partial charge < -0.3 is 8.85 Å². The van der Waals surface area contributed by atoms with Crippen LogP contribution in [-0.2, 0) is 8.85 Å². The van der Waals surface area contributed by atoms with Crippen molar-refractivity contribution >= 4 is 13.7 Å². The Hall–Kier alpha value is -0.643. The molecule has 1 aromatic rings. The summed E-state index contributed by atoms with van der Waals surface area (Å²) in [5.41, 5.74) is 0. The van der Waals surface area contributed by atoms with E-state index in [0.717, 1.165) is 38.5 Å². The first kappa shape index (κ1) is 19.4. The number of rotatable bonds is 13. The van der Waals surface area contributed by atoms with E-state index in [0.29, 0.717) is 0 Å². The second-order valence-corrected chi connectivity index (χ2v) is 9.14. The average molecular weight is 323 g/mol. The number of hydrogen-bond donors (Lipinski definition) is 0. The van der Waals surface area contributed by atoms with Crippen molar-refractivity contribution in [2.24, 2.45) is 0 Å². The molecule has 0 radical (unpaired) electrons. The normalized spacial score (nSPS) is 11.8. The smallest absolute Gasteiger partial charge is 0.372 e. The van der Waals surface area contributed by atoms with Gasteiger partial charge in [0, 0.05) is 13.2 Å². The first-order valence-electron chi connectivity index (χ1n) is 9.12. The Kier molecular flexibility index (Phi) is 10.5. The van der Waals surface area contributed by atoms with Crippen molar-refractivity contribution in [2.45, 2.75) is 71.8 Å². The van der Waals surface area contributed by atoms with Crippen molar-refractivity contribution in [1.29, 1.82) is 0 Å². The molecule has 0 atom stereocenters. The van der Waals surface area contributed by atoms with Gasteiger partial charge in [0.15, 0.2) is 0 Å². The molecule has 0 fully saturated rings. The minimum absolute atomic E-state index is 0.836. The predicted molar refractivity (Wildman–Crippen MR) is 97.9 cm³/mol. The van der Waals surface area contributed by atoms with E-state index in [9.17, 15) is 0 Å². The summed E-state index contributed by atoms with van der Waals surface area (Å²) in [5.74, 6) is 0. The highest BCUT2D eigenvalue weighted by molar-refractivity contribution is 6.81. The van der Waals surface area contributed by atoms with Gasteiger partial charge in [-0.05, 0) is 24.1 Å². The lowest BCUT2D eigenvalue weighted by Gasteiger charge is -2.31. The quantitative estimate of drug-likeness (QED) is 0.369. The van der Waals surface area contributed by atoms with E-state index in [-0.39, 0.29) is 0 Å². The molecule has 0 amide bonds. The van der Waals surface area contributed by atoms with Crippen molar-refractivity contribution in [2.75, 3.05) is 13.2 Å². The first-order valence-corrected chi connectivity index (χ1v) is 11.1. The zero-order chi connectivity index (χ0) is 16.1. The van der Waals surface area contributed by atoms with Crippen LogP contribution in [0, 0.1) is 0 Å². The Balaban J connectivity index is 2.78. The van der Waals surface area contributed by atoms with Crippen LogP contribution in [0.5, 0.6) is 0 Å². The van der Waals surface area contributed by atoms with Crippen LogP contribution in [0.25, 0.3) is 0 Å². The maximum atomic E-state index is 6.46. The lowest BCUT2D eigenvalue weighted by atomic mass is 10.3. The third-order valence-electron chi connectivity index (χ3n) is 3.96. The van der Waals surface area contributed by atoms with Crippen LogP contribution in [0.4, 0.5) is 0 Å². The summed E-state index contributed by atoms with van der Waals surface area (Å²) in [6, 6.07) is 11.7. The zero-order valence-electron chi connectivity index (χ0n) is 14.8. The lowest BCUT2D eigenvalue weighted by molar-refractivity contribution is 0.173. The van der Waals surface area contributed by atoms with Crippen molar-refractivity contribution in [1.82, 2.24) is 0 Å². The third-order valence-corrected chi connectivity index (χ3v) is 7.67. The molecule has 0 aliphatic rings. The molecule has 0 heterocycles. The van der Waals surface area contributed by atoms with Crippen LogP contribution in [0.3, 0.4) is 0 Å². The molecule has 1 aromatic carbocycles. The van der Waals surface area contributed by atoms with E-state index < -0.39 is 8.56 Å². The Morgan fingerprint density at radius 2 is 1.27 bits per heavy atom. The maximum absolute atomic E-state index is 6.46. The highest BCUT2D eigenvalue weighted by Crippen LogP contribution is 2.18. The highest BCUT2D eigenvalue weighted by Gasteiger charge is 2.39. The summed E-state index contributed by atoms with van der Waals surface area (Å²) >= 11 is 0. The average Bonchev–Trinajstić information content (AvgIpc) is 2.56. The van der Waals surface area contributed by atoms with E-state index in [4.69, 9.17) is 8.85 Å². The second kappa shape index (κ2) is 11.9. The monoisotopic (exact) mass is 322 g/mol. The van der Waals surface area contributed by atoms with Crippen LogP contribution in [-0.4, -0.2) is 21.8 Å². The summed E-state index contributed by atoms with van der Waals surface area (Å²) in [4.78, 5) is 0. The van der Waals surface area contributed by atoms with Gasteiger partial charge in [0.05, 0.1) is 0 Å². The molecule has 0 unspecified atom stereocenters. The Morgan fingerprint density at radius 3 is 1.73 bits per heavy atom. The summed E-state index contributed by atoms with van der Waals surface area (Å²) in [7, 11) is -2.27. The standard InChI is InChI=1S/C19H34O2Si/c1-4-7-12-16-20-22(18-6-3,21-17-13-8-5-2)19-14-10-9-11-15-19/h9-11,14-15H,4-8,12-13,16-18H2,1-3H3. The fraction of sp³-hybridized carbons (Fsp3) is 0.684. The van der Waals surface area contributed by atoms with E-state index >= 15 is 0 Å².